The van der Waals surface area contributed by atoms with Crippen LogP contribution in [0.5, 0.6) is 0 Å². The molecule has 1 N–H and O–H groups in total. The van der Waals surface area contributed by atoms with Gasteiger partial charge in [-0.15, -0.1) is 0 Å². The van der Waals surface area contributed by atoms with Crippen molar-refractivity contribution in [2.75, 3.05) is 13.7 Å². The first-order valence-electron chi connectivity index (χ1n) is 6.12. The number of methoxy groups -OCH3 is 1. The Balaban J connectivity index is 3.16. The first kappa shape index (κ1) is 17.2. The fourth-order valence-corrected chi connectivity index (χ4v) is 2.08. The highest BCUT2D eigenvalue weighted by Crippen LogP contribution is 2.28. The molecule has 0 aromatic carbocycles. The fraction of sp³-hybridized carbons (Fsp3) is 0.818. The number of hydrogen-bond acceptors (Lipinski definition) is 8. The van der Waals surface area contributed by atoms with E-state index in [1.807, 2.05) is 0 Å². The highest BCUT2D eigenvalue weighted by atomic mass is 16.7. The van der Waals surface area contributed by atoms with Gasteiger partial charge >= 0.3 is 11.9 Å². The Morgan fingerprint density at radius 2 is 1.86 bits per heavy atom. The van der Waals surface area contributed by atoms with Gasteiger partial charge in [-0.2, -0.15) is 0 Å². The second-order valence-corrected chi connectivity index (χ2v) is 4.30. The van der Waals surface area contributed by atoms with E-state index in [-0.39, 0.29) is 0 Å². The molecule has 0 aromatic heterocycles. The van der Waals surface area contributed by atoms with Crippen LogP contribution in [-0.4, -0.2) is 61.4 Å². The van der Waals surface area contributed by atoms with Crippen LogP contribution in [0.2, 0.25) is 0 Å². The van der Waals surface area contributed by atoms with E-state index < -0.39 is 49.2 Å². The summed E-state index contributed by atoms with van der Waals surface area (Å²) in [6, 6.07) is -1.06. The normalized spacial score (nSPS) is 31.9. The van der Waals surface area contributed by atoms with E-state index in [1.54, 1.807) is 0 Å². The number of ether oxygens (including phenoxy) is 4. The van der Waals surface area contributed by atoms with Gasteiger partial charge in [0.15, 0.2) is 18.5 Å². The molecule has 10 heteroatoms. The van der Waals surface area contributed by atoms with Crippen LogP contribution in [0.3, 0.4) is 0 Å². The molecule has 0 unspecified atom stereocenters. The summed E-state index contributed by atoms with van der Waals surface area (Å²) in [6.45, 7) is 1.81. The highest BCUT2D eigenvalue weighted by Gasteiger charge is 2.49. The minimum atomic E-state index is -1.13. The third-order valence-electron chi connectivity index (χ3n) is 2.82. The number of aliphatic hydroxyl groups is 1. The van der Waals surface area contributed by atoms with Crippen molar-refractivity contribution in [1.29, 1.82) is 0 Å². The molecule has 0 aliphatic carbocycles. The molecule has 21 heavy (non-hydrogen) atoms. The molecule has 5 atom stereocenters. The van der Waals surface area contributed by atoms with Gasteiger partial charge in [0, 0.05) is 25.9 Å². The van der Waals surface area contributed by atoms with Gasteiger partial charge in [-0.1, -0.05) is 5.11 Å². The van der Waals surface area contributed by atoms with Crippen molar-refractivity contribution in [3.8, 4) is 0 Å². The zero-order chi connectivity index (χ0) is 16.0. The summed E-state index contributed by atoms with van der Waals surface area (Å²) in [5.41, 5.74) is 8.62. The van der Waals surface area contributed by atoms with Crippen molar-refractivity contribution in [3.63, 3.8) is 0 Å². The minimum Gasteiger partial charge on any atom is -0.458 e. The second-order valence-electron chi connectivity index (χ2n) is 4.30. The van der Waals surface area contributed by atoms with Crippen molar-refractivity contribution in [1.82, 2.24) is 0 Å². The Morgan fingerprint density at radius 1 is 1.29 bits per heavy atom. The summed E-state index contributed by atoms with van der Waals surface area (Å²) in [5, 5.41) is 12.8. The number of azide groups is 1. The van der Waals surface area contributed by atoms with Crippen molar-refractivity contribution in [2.24, 2.45) is 5.11 Å². The summed E-state index contributed by atoms with van der Waals surface area (Å²) >= 11 is 0. The van der Waals surface area contributed by atoms with E-state index in [0.29, 0.717) is 0 Å². The maximum absolute atomic E-state index is 11.2. The summed E-state index contributed by atoms with van der Waals surface area (Å²) < 4.78 is 20.5. The van der Waals surface area contributed by atoms with Crippen LogP contribution in [0, 0.1) is 0 Å². The lowest BCUT2D eigenvalue weighted by Gasteiger charge is -2.42. The number of rotatable bonds is 5. The van der Waals surface area contributed by atoms with Crippen LogP contribution in [0.4, 0.5) is 0 Å². The van der Waals surface area contributed by atoms with E-state index >= 15 is 0 Å². The topological polar surface area (TPSA) is 140 Å². The zero-order valence-corrected chi connectivity index (χ0v) is 11.8. The third kappa shape index (κ3) is 4.30. The summed E-state index contributed by atoms with van der Waals surface area (Å²) in [7, 11) is 1.30. The molecule has 1 fully saturated rings. The molecule has 0 radical (unpaired) electrons. The van der Waals surface area contributed by atoms with Crippen molar-refractivity contribution in [2.45, 2.75) is 44.5 Å². The molecule has 0 bridgehead atoms. The highest BCUT2D eigenvalue weighted by molar-refractivity contribution is 5.67. The number of nitrogens with zero attached hydrogens (tertiary/aromatic N) is 3. The molecule has 0 amide bonds. The largest absolute Gasteiger partial charge is 0.458 e. The SMILES string of the molecule is CO[C@H]1O[C@H](CO)[C@@H](OC(C)=O)[C@@H](OC(C)=O)[C@@H]1N=[N+]=[N-]. The van der Waals surface area contributed by atoms with E-state index in [1.165, 1.54) is 7.11 Å². The number of aliphatic hydroxyl groups excluding tert-OH is 1. The molecule has 0 spiro atoms. The van der Waals surface area contributed by atoms with Gasteiger partial charge in [-0.25, -0.2) is 0 Å². The lowest BCUT2D eigenvalue weighted by molar-refractivity contribution is -0.266. The first-order chi connectivity index (χ1) is 9.94. The van der Waals surface area contributed by atoms with Crippen LogP contribution >= 0.6 is 0 Å². The zero-order valence-electron chi connectivity index (χ0n) is 11.8. The van der Waals surface area contributed by atoms with Gasteiger partial charge < -0.3 is 24.1 Å². The Kier molecular flexibility index (Phi) is 6.38. The van der Waals surface area contributed by atoms with Crippen LogP contribution in [-0.2, 0) is 28.5 Å². The third-order valence-corrected chi connectivity index (χ3v) is 2.82. The molecule has 0 aromatic rings. The number of hydrogen-bond donors (Lipinski definition) is 1. The molecular formula is C11H17N3O7. The lowest BCUT2D eigenvalue weighted by Crippen LogP contribution is -2.60. The molecule has 1 rings (SSSR count). The van der Waals surface area contributed by atoms with Crippen LogP contribution in [0.25, 0.3) is 10.4 Å². The van der Waals surface area contributed by atoms with E-state index in [0.717, 1.165) is 13.8 Å². The molecule has 10 nitrogen and oxygen atoms in total. The first-order valence-corrected chi connectivity index (χ1v) is 6.12. The fourth-order valence-electron chi connectivity index (χ4n) is 2.08. The molecule has 118 valence electrons. The molecule has 1 aliphatic heterocycles. The van der Waals surface area contributed by atoms with Crippen LogP contribution in [0.15, 0.2) is 5.11 Å². The molecule has 0 saturated carbocycles. The number of esters is 2. The minimum absolute atomic E-state index is 0.501. The van der Waals surface area contributed by atoms with Crippen molar-refractivity contribution >= 4 is 11.9 Å². The second kappa shape index (κ2) is 7.79. The smallest absolute Gasteiger partial charge is 0.303 e. The van der Waals surface area contributed by atoms with E-state index in [2.05, 4.69) is 10.0 Å². The van der Waals surface area contributed by atoms with Gasteiger partial charge in [-0.05, 0) is 5.53 Å². The maximum Gasteiger partial charge on any atom is 0.303 e. The summed E-state index contributed by atoms with van der Waals surface area (Å²) in [4.78, 5) is 25.1. The lowest BCUT2D eigenvalue weighted by atomic mass is 9.97. The predicted molar refractivity (Wildman–Crippen MR) is 66.8 cm³/mol. The van der Waals surface area contributed by atoms with Crippen LogP contribution < -0.4 is 0 Å². The summed E-state index contributed by atoms with van der Waals surface area (Å²) in [6.07, 6.45) is -4.26. The van der Waals surface area contributed by atoms with Gasteiger partial charge in [0.05, 0.1) is 6.61 Å². The summed E-state index contributed by atoms with van der Waals surface area (Å²) in [5.74, 6) is -1.32. The Labute approximate surface area is 120 Å². The average Bonchev–Trinajstić information content (AvgIpc) is 2.41. The van der Waals surface area contributed by atoms with E-state index in [4.69, 9.17) is 24.5 Å². The number of carbonyl (C=O) groups is 2. The van der Waals surface area contributed by atoms with Gasteiger partial charge in [-0.3, -0.25) is 9.59 Å². The average molecular weight is 303 g/mol. The maximum atomic E-state index is 11.2. The van der Waals surface area contributed by atoms with Crippen molar-refractivity contribution < 1.29 is 33.6 Å². The van der Waals surface area contributed by atoms with Crippen LogP contribution in [0.1, 0.15) is 13.8 Å². The molecule has 1 saturated heterocycles. The monoisotopic (exact) mass is 303 g/mol. The van der Waals surface area contributed by atoms with Gasteiger partial charge in [0.1, 0.15) is 12.1 Å². The Hall–Kier alpha value is -1.87. The molecular weight excluding hydrogens is 286 g/mol. The van der Waals surface area contributed by atoms with Crippen molar-refractivity contribution in [3.05, 3.63) is 10.4 Å². The quantitative estimate of drug-likeness (QED) is 0.323. The molecule has 1 aliphatic rings. The Morgan fingerprint density at radius 3 is 2.29 bits per heavy atom. The van der Waals surface area contributed by atoms with Gasteiger partial charge in [0.25, 0.3) is 0 Å². The Bertz CT molecular complexity index is 438. The van der Waals surface area contributed by atoms with Gasteiger partial charge in [0.2, 0.25) is 0 Å². The molecule has 1 heterocycles. The number of carbonyl (C=O) groups excluding carboxylic acids is 2. The predicted octanol–water partition coefficient (Wildman–Crippen LogP) is -0.108. The standard InChI is InChI=1S/C11H17N3O7/c1-5(16)19-9-7(4-15)21-11(18-3)8(13-14-12)10(9)20-6(2)17/h7-11,15H,4H2,1-3H3/t7-,8+,9-,10+,11+/m1/s1. The van der Waals surface area contributed by atoms with E-state index in [9.17, 15) is 14.7 Å².